The van der Waals surface area contributed by atoms with Crippen LogP contribution in [0.4, 0.5) is 10.5 Å². The SMILES string of the molecule is COc1ccc(NC(=O)NC(CCSC)C(=O)O)c(C)c1. The number of hydrogen-bond donors (Lipinski definition) is 3. The number of carbonyl (C=O) groups is 2. The smallest absolute Gasteiger partial charge is 0.326 e. The molecule has 1 unspecified atom stereocenters. The number of methoxy groups -OCH3 is 1. The predicted octanol–water partition coefficient (Wildman–Crippen LogP) is 2.33. The van der Waals surface area contributed by atoms with Crippen molar-refractivity contribution in [2.24, 2.45) is 0 Å². The molecule has 1 aromatic rings. The first-order valence-electron chi connectivity index (χ1n) is 6.41. The van der Waals surface area contributed by atoms with Crippen LogP contribution >= 0.6 is 11.8 Å². The summed E-state index contributed by atoms with van der Waals surface area (Å²) in [5, 5.41) is 14.2. The zero-order valence-electron chi connectivity index (χ0n) is 12.3. The Kier molecular flexibility index (Phi) is 6.87. The molecule has 0 spiro atoms. The first-order valence-corrected chi connectivity index (χ1v) is 7.81. The first-order chi connectivity index (χ1) is 9.97. The van der Waals surface area contributed by atoms with Gasteiger partial charge in [0.05, 0.1) is 7.11 Å². The minimum atomic E-state index is -1.04. The van der Waals surface area contributed by atoms with Crippen molar-refractivity contribution >= 4 is 29.4 Å². The van der Waals surface area contributed by atoms with Gasteiger partial charge < -0.3 is 20.5 Å². The monoisotopic (exact) mass is 312 g/mol. The summed E-state index contributed by atoms with van der Waals surface area (Å²) < 4.78 is 5.09. The van der Waals surface area contributed by atoms with Crippen LogP contribution in [0.25, 0.3) is 0 Å². The van der Waals surface area contributed by atoms with Gasteiger partial charge in [-0.2, -0.15) is 11.8 Å². The van der Waals surface area contributed by atoms with Gasteiger partial charge >= 0.3 is 12.0 Å². The third-order valence-corrected chi connectivity index (χ3v) is 3.54. The van der Waals surface area contributed by atoms with Gasteiger partial charge in [0.15, 0.2) is 0 Å². The van der Waals surface area contributed by atoms with Gasteiger partial charge in [-0.3, -0.25) is 0 Å². The van der Waals surface area contributed by atoms with Crippen LogP contribution in [0.2, 0.25) is 0 Å². The number of amides is 2. The molecule has 116 valence electrons. The third kappa shape index (κ3) is 5.55. The standard InChI is InChI=1S/C14H20N2O4S/c1-9-8-10(20-2)4-5-11(9)15-14(19)16-12(13(17)18)6-7-21-3/h4-5,8,12H,6-7H2,1-3H3,(H,17,18)(H2,15,16,19). The summed E-state index contributed by atoms with van der Waals surface area (Å²) in [7, 11) is 1.57. The minimum Gasteiger partial charge on any atom is -0.497 e. The molecule has 0 saturated heterocycles. The lowest BCUT2D eigenvalue weighted by molar-refractivity contribution is -0.139. The van der Waals surface area contributed by atoms with E-state index in [0.29, 0.717) is 23.6 Å². The molecule has 0 aliphatic heterocycles. The fourth-order valence-electron chi connectivity index (χ4n) is 1.71. The van der Waals surface area contributed by atoms with Gasteiger partial charge in [-0.25, -0.2) is 9.59 Å². The number of benzene rings is 1. The van der Waals surface area contributed by atoms with Crippen LogP contribution in [-0.2, 0) is 4.79 Å². The fraction of sp³-hybridized carbons (Fsp3) is 0.429. The van der Waals surface area contributed by atoms with E-state index < -0.39 is 18.0 Å². The highest BCUT2D eigenvalue weighted by Gasteiger charge is 2.19. The summed E-state index contributed by atoms with van der Waals surface area (Å²) in [6.45, 7) is 1.83. The molecule has 0 fully saturated rings. The quantitative estimate of drug-likeness (QED) is 0.719. The summed E-state index contributed by atoms with van der Waals surface area (Å²) in [6.07, 6.45) is 2.27. The Balaban J connectivity index is 2.65. The van der Waals surface area contributed by atoms with Gasteiger partial charge in [0.1, 0.15) is 11.8 Å². The van der Waals surface area contributed by atoms with Crippen molar-refractivity contribution in [2.75, 3.05) is 24.4 Å². The van der Waals surface area contributed by atoms with Gasteiger partial charge in [0.2, 0.25) is 0 Å². The minimum absolute atomic E-state index is 0.380. The van der Waals surface area contributed by atoms with Crippen LogP contribution in [0.1, 0.15) is 12.0 Å². The highest BCUT2D eigenvalue weighted by atomic mass is 32.2. The number of rotatable bonds is 7. The van der Waals surface area contributed by atoms with Gasteiger partial charge in [-0.05, 0) is 49.1 Å². The van der Waals surface area contributed by atoms with Crippen LogP contribution in [0.15, 0.2) is 18.2 Å². The highest BCUT2D eigenvalue weighted by molar-refractivity contribution is 7.98. The Hall–Kier alpha value is -1.89. The maximum Gasteiger partial charge on any atom is 0.326 e. The highest BCUT2D eigenvalue weighted by Crippen LogP contribution is 2.20. The zero-order valence-corrected chi connectivity index (χ0v) is 13.1. The number of thioether (sulfide) groups is 1. The number of carboxylic acids is 1. The maximum atomic E-state index is 11.9. The molecule has 2 amide bonds. The van der Waals surface area contributed by atoms with Crippen molar-refractivity contribution in [1.29, 1.82) is 0 Å². The van der Waals surface area contributed by atoms with Crippen LogP contribution in [-0.4, -0.2) is 42.3 Å². The van der Waals surface area contributed by atoms with Gasteiger partial charge in [0.25, 0.3) is 0 Å². The molecular formula is C14H20N2O4S. The van der Waals surface area contributed by atoms with E-state index in [4.69, 9.17) is 9.84 Å². The van der Waals surface area contributed by atoms with Crippen molar-refractivity contribution in [3.63, 3.8) is 0 Å². The van der Waals surface area contributed by atoms with E-state index in [9.17, 15) is 9.59 Å². The van der Waals surface area contributed by atoms with Gasteiger partial charge in [-0.15, -0.1) is 0 Å². The Bertz CT molecular complexity index is 508. The van der Waals surface area contributed by atoms with Crippen molar-refractivity contribution in [3.8, 4) is 5.75 Å². The predicted molar refractivity (Wildman–Crippen MR) is 84.3 cm³/mol. The summed E-state index contributed by atoms with van der Waals surface area (Å²) in [5.41, 5.74) is 1.45. The normalized spacial score (nSPS) is 11.6. The third-order valence-electron chi connectivity index (χ3n) is 2.90. The van der Waals surface area contributed by atoms with E-state index in [1.807, 2.05) is 13.2 Å². The molecule has 0 aromatic heterocycles. The van der Waals surface area contributed by atoms with Crippen LogP contribution in [0.3, 0.4) is 0 Å². The number of carbonyl (C=O) groups excluding carboxylic acids is 1. The molecule has 21 heavy (non-hydrogen) atoms. The molecule has 3 N–H and O–H groups in total. The number of ether oxygens (including phenoxy) is 1. The van der Waals surface area contributed by atoms with Crippen LogP contribution in [0.5, 0.6) is 5.75 Å². The average Bonchev–Trinajstić information content (AvgIpc) is 2.45. The van der Waals surface area contributed by atoms with Crippen molar-refractivity contribution in [3.05, 3.63) is 23.8 Å². The molecular weight excluding hydrogens is 292 g/mol. The molecule has 1 atom stereocenters. The lowest BCUT2D eigenvalue weighted by Gasteiger charge is -2.15. The van der Waals surface area contributed by atoms with E-state index in [1.54, 1.807) is 25.3 Å². The molecule has 1 rings (SSSR count). The second kappa shape index (κ2) is 8.41. The lowest BCUT2D eigenvalue weighted by atomic mass is 10.2. The molecule has 0 bridgehead atoms. The second-order valence-electron chi connectivity index (χ2n) is 4.45. The second-order valence-corrected chi connectivity index (χ2v) is 5.44. The summed E-state index contributed by atoms with van der Waals surface area (Å²) in [5.74, 6) is 0.325. The van der Waals surface area contributed by atoms with E-state index in [2.05, 4.69) is 10.6 Å². The number of carboxylic acid groups (broad SMARTS) is 1. The molecule has 0 aliphatic carbocycles. The van der Waals surface area contributed by atoms with E-state index in [1.165, 1.54) is 11.8 Å². The van der Waals surface area contributed by atoms with Crippen LogP contribution < -0.4 is 15.4 Å². The van der Waals surface area contributed by atoms with Crippen molar-refractivity contribution < 1.29 is 19.4 Å². The maximum absolute atomic E-state index is 11.9. The van der Waals surface area contributed by atoms with E-state index in [0.717, 1.165) is 5.56 Å². The molecule has 0 aliphatic rings. The molecule has 0 saturated carbocycles. The zero-order chi connectivity index (χ0) is 15.8. The first kappa shape index (κ1) is 17.2. The average molecular weight is 312 g/mol. The summed E-state index contributed by atoms with van der Waals surface area (Å²) in [6, 6.07) is 3.81. The van der Waals surface area contributed by atoms with Crippen molar-refractivity contribution in [1.82, 2.24) is 5.32 Å². The molecule has 0 heterocycles. The molecule has 1 aromatic carbocycles. The Morgan fingerprint density at radius 3 is 2.67 bits per heavy atom. The Morgan fingerprint density at radius 2 is 2.14 bits per heavy atom. The number of hydrogen-bond acceptors (Lipinski definition) is 4. The largest absolute Gasteiger partial charge is 0.497 e. The molecule has 7 heteroatoms. The van der Waals surface area contributed by atoms with E-state index >= 15 is 0 Å². The number of aliphatic carboxylic acids is 1. The van der Waals surface area contributed by atoms with Gasteiger partial charge in [0, 0.05) is 5.69 Å². The number of nitrogens with one attached hydrogen (secondary N) is 2. The topological polar surface area (TPSA) is 87.7 Å². The van der Waals surface area contributed by atoms with E-state index in [-0.39, 0.29) is 0 Å². The number of anilines is 1. The molecule has 0 radical (unpaired) electrons. The summed E-state index contributed by atoms with van der Waals surface area (Å²) in [4.78, 5) is 22.9. The van der Waals surface area contributed by atoms with Gasteiger partial charge in [-0.1, -0.05) is 0 Å². The number of urea groups is 1. The number of aryl methyl sites for hydroxylation is 1. The lowest BCUT2D eigenvalue weighted by Crippen LogP contribution is -2.43. The van der Waals surface area contributed by atoms with Crippen molar-refractivity contribution in [2.45, 2.75) is 19.4 Å². The summed E-state index contributed by atoms with van der Waals surface area (Å²) >= 11 is 1.54. The Labute approximate surface area is 128 Å². The Morgan fingerprint density at radius 1 is 1.43 bits per heavy atom. The van der Waals surface area contributed by atoms with Crippen LogP contribution in [0, 0.1) is 6.92 Å². The fourth-order valence-corrected chi connectivity index (χ4v) is 2.18. The molecule has 6 nitrogen and oxygen atoms in total.